The number of fused-ring (bicyclic) bond motifs is 3. The lowest BCUT2D eigenvalue weighted by Gasteiger charge is -2.27. The third-order valence-electron chi connectivity index (χ3n) is 5.34. The molecule has 5 rings (SSSR count). The normalized spacial score (nSPS) is 27.4. The summed E-state index contributed by atoms with van der Waals surface area (Å²) < 4.78 is 5.96. The minimum atomic E-state index is -0.287. The largest absolute Gasteiger partial charge is 0.457 e. The minimum absolute atomic E-state index is 0.0904. The molecule has 1 aliphatic carbocycles. The van der Waals surface area contributed by atoms with Crippen LogP contribution in [0.4, 0.5) is 0 Å². The highest BCUT2D eigenvalue weighted by Gasteiger charge is 2.54. The zero-order valence-corrected chi connectivity index (χ0v) is 12.7. The fourth-order valence-electron chi connectivity index (χ4n) is 4.07. The van der Waals surface area contributed by atoms with Gasteiger partial charge in [-0.05, 0) is 24.0 Å². The molecule has 2 aliphatic heterocycles. The van der Waals surface area contributed by atoms with E-state index in [1.807, 2.05) is 48.5 Å². The third-order valence-corrected chi connectivity index (χ3v) is 5.34. The second kappa shape index (κ2) is 4.83. The van der Waals surface area contributed by atoms with Gasteiger partial charge in [-0.1, -0.05) is 36.4 Å². The zero-order chi connectivity index (χ0) is 15.4. The van der Waals surface area contributed by atoms with Crippen molar-refractivity contribution in [1.29, 1.82) is 0 Å². The molecule has 1 saturated heterocycles. The van der Waals surface area contributed by atoms with Gasteiger partial charge in [0.2, 0.25) is 5.91 Å². The lowest BCUT2D eigenvalue weighted by atomic mass is 9.87. The van der Waals surface area contributed by atoms with E-state index in [0.29, 0.717) is 17.9 Å². The Morgan fingerprint density at radius 2 is 1.52 bits per heavy atom. The Kier molecular flexibility index (Phi) is 2.76. The number of carbonyl (C=O) groups excluding carboxylic acids is 1. The molecule has 0 radical (unpaired) electrons. The Labute approximate surface area is 134 Å². The number of piperidine rings is 1. The molecule has 116 valence electrons. The van der Waals surface area contributed by atoms with E-state index in [4.69, 9.17) is 4.74 Å². The highest BCUT2D eigenvalue weighted by Crippen LogP contribution is 2.46. The van der Waals surface area contributed by atoms with Crippen molar-refractivity contribution in [2.75, 3.05) is 13.1 Å². The molecule has 2 fully saturated rings. The van der Waals surface area contributed by atoms with Crippen molar-refractivity contribution in [1.82, 2.24) is 10.6 Å². The molecule has 0 bridgehead atoms. The summed E-state index contributed by atoms with van der Waals surface area (Å²) in [6, 6.07) is 16.0. The maximum atomic E-state index is 13.0. The lowest BCUT2D eigenvalue weighted by Crippen LogP contribution is -2.37. The molecule has 2 N–H and O–H groups in total. The summed E-state index contributed by atoms with van der Waals surface area (Å²) in [7, 11) is 0. The van der Waals surface area contributed by atoms with E-state index in [0.717, 1.165) is 35.7 Å². The molecule has 1 amide bonds. The number of rotatable bonds is 2. The van der Waals surface area contributed by atoms with Gasteiger partial charge in [0.15, 0.2) is 0 Å². The first kappa shape index (κ1) is 13.1. The van der Waals surface area contributed by atoms with Gasteiger partial charge in [-0.2, -0.15) is 0 Å². The summed E-state index contributed by atoms with van der Waals surface area (Å²) in [6.07, 6.45) is 0. The van der Waals surface area contributed by atoms with Crippen LogP contribution in [0.3, 0.4) is 0 Å². The fraction of sp³-hybridized carbons (Fsp3) is 0.316. The van der Waals surface area contributed by atoms with Crippen molar-refractivity contribution in [2.45, 2.75) is 12.0 Å². The van der Waals surface area contributed by atoms with E-state index >= 15 is 0 Å². The van der Waals surface area contributed by atoms with Crippen LogP contribution in [-0.4, -0.2) is 25.0 Å². The fourth-order valence-corrected chi connectivity index (χ4v) is 4.07. The maximum absolute atomic E-state index is 13.0. The topological polar surface area (TPSA) is 50.4 Å². The average molecular weight is 306 g/mol. The zero-order valence-electron chi connectivity index (χ0n) is 12.7. The molecule has 1 saturated carbocycles. The molecular weight excluding hydrogens is 288 g/mol. The summed E-state index contributed by atoms with van der Waals surface area (Å²) in [5, 5.41) is 6.64. The average Bonchev–Trinajstić information content (AvgIpc) is 3.01. The van der Waals surface area contributed by atoms with Gasteiger partial charge >= 0.3 is 0 Å². The number of hydrogen-bond acceptors (Lipinski definition) is 3. The van der Waals surface area contributed by atoms with Crippen LogP contribution in [-0.2, 0) is 4.79 Å². The second-order valence-electron chi connectivity index (χ2n) is 6.63. The first-order valence-corrected chi connectivity index (χ1v) is 8.20. The van der Waals surface area contributed by atoms with Gasteiger partial charge in [-0.3, -0.25) is 4.79 Å². The van der Waals surface area contributed by atoms with E-state index in [-0.39, 0.29) is 11.8 Å². The van der Waals surface area contributed by atoms with Gasteiger partial charge in [0, 0.05) is 30.3 Å². The first-order valence-electron chi connectivity index (χ1n) is 8.20. The van der Waals surface area contributed by atoms with Gasteiger partial charge in [-0.15, -0.1) is 0 Å². The van der Waals surface area contributed by atoms with Gasteiger partial charge in [0.1, 0.15) is 11.5 Å². The van der Waals surface area contributed by atoms with Crippen molar-refractivity contribution >= 4 is 5.91 Å². The molecule has 2 heterocycles. The van der Waals surface area contributed by atoms with Crippen LogP contribution >= 0.6 is 0 Å². The molecule has 3 atom stereocenters. The van der Waals surface area contributed by atoms with E-state index in [1.165, 1.54) is 0 Å². The number of benzene rings is 2. The standard InChI is InChI=1S/C19H18N2O2/c22-19(21-18-13-9-20-10-14(13)18)17-11-5-1-3-7-15(11)23-16-8-4-2-6-12(16)17/h1-8,13-14,17-18,20H,9-10H2,(H,21,22)/t13-,14+,18+. The summed E-state index contributed by atoms with van der Waals surface area (Å²) in [5.74, 6) is 2.60. The van der Waals surface area contributed by atoms with Crippen LogP contribution in [0.1, 0.15) is 17.0 Å². The second-order valence-corrected chi connectivity index (χ2v) is 6.63. The quantitative estimate of drug-likeness (QED) is 0.895. The van der Waals surface area contributed by atoms with E-state index in [2.05, 4.69) is 10.6 Å². The van der Waals surface area contributed by atoms with Crippen LogP contribution in [0.5, 0.6) is 11.5 Å². The molecule has 0 spiro atoms. The van der Waals surface area contributed by atoms with Crippen LogP contribution in [0, 0.1) is 11.8 Å². The number of para-hydroxylation sites is 2. The number of amides is 1. The van der Waals surface area contributed by atoms with Crippen molar-refractivity contribution in [3.05, 3.63) is 59.7 Å². The van der Waals surface area contributed by atoms with Crippen LogP contribution in [0.2, 0.25) is 0 Å². The summed E-state index contributed by atoms with van der Waals surface area (Å²) in [5.41, 5.74) is 1.90. The molecule has 3 aliphatic rings. The van der Waals surface area contributed by atoms with Crippen LogP contribution in [0.15, 0.2) is 48.5 Å². The van der Waals surface area contributed by atoms with Gasteiger partial charge in [-0.25, -0.2) is 0 Å². The number of hydrogen-bond donors (Lipinski definition) is 2. The summed E-state index contributed by atoms with van der Waals surface area (Å²) in [4.78, 5) is 13.0. The molecule has 0 aromatic heterocycles. The Morgan fingerprint density at radius 1 is 0.957 bits per heavy atom. The Bertz CT molecular complexity index is 733. The molecule has 2 aromatic carbocycles. The van der Waals surface area contributed by atoms with Gasteiger partial charge in [0.25, 0.3) is 0 Å². The van der Waals surface area contributed by atoms with Crippen LogP contribution in [0.25, 0.3) is 0 Å². The molecule has 4 heteroatoms. The molecule has 23 heavy (non-hydrogen) atoms. The monoisotopic (exact) mass is 306 g/mol. The number of ether oxygens (including phenoxy) is 1. The Morgan fingerprint density at radius 3 is 2.13 bits per heavy atom. The highest BCUT2D eigenvalue weighted by atomic mass is 16.5. The predicted octanol–water partition coefficient (Wildman–Crippen LogP) is 2.26. The Balaban J connectivity index is 1.50. The maximum Gasteiger partial charge on any atom is 0.232 e. The van der Waals surface area contributed by atoms with E-state index in [1.54, 1.807) is 0 Å². The summed E-state index contributed by atoms with van der Waals surface area (Å²) in [6.45, 7) is 2.05. The van der Waals surface area contributed by atoms with E-state index < -0.39 is 0 Å². The van der Waals surface area contributed by atoms with E-state index in [9.17, 15) is 4.79 Å². The number of carbonyl (C=O) groups is 1. The number of nitrogens with one attached hydrogen (secondary N) is 2. The van der Waals surface area contributed by atoms with Crippen molar-refractivity contribution in [2.24, 2.45) is 11.8 Å². The van der Waals surface area contributed by atoms with Crippen molar-refractivity contribution in [3.8, 4) is 11.5 Å². The smallest absolute Gasteiger partial charge is 0.232 e. The minimum Gasteiger partial charge on any atom is -0.457 e. The molecule has 2 aromatic rings. The first-order chi connectivity index (χ1) is 11.3. The van der Waals surface area contributed by atoms with Crippen molar-refractivity contribution in [3.63, 3.8) is 0 Å². The molecule has 4 nitrogen and oxygen atoms in total. The SMILES string of the molecule is O=C(N[C@H]1[C@@H]2CNC[C@@H]21)C1c2ccccc2Oc2ccccc21. The predicted molar refractivity (Wildman–Crippen MR) is 86.6 cm³/mol. The molecule has 0 unspecified atom stereocenters. The van der Waals surface area contributed by atoms with Crippen molar-refractivity contribution < 1.29 is 9.53 Å². The summed E-state index contributed by atoms with van der Waals surface area (Å²) >= 11 is 0. The third kappa shape index (κ3) is 1.98. The van der Waals surface area contributed by atoms with Gasteiger partial charge < -0.3 is 15.4 Å². The molecular formula is C19H18N2O2. The lowest BCUT2D eigenvalue weighted by molar-refractivity contribution is -0.122. The van der Waals surface area contributed by atoms with Gasteiger partial charge in [0.05, 0.1) is 5.92 Å². The highest BCUT2D eigenvalue weighted by molar-refractivity contribution is 5.90. The Hall–Kier alpha value is -2.33. The van der Waals surface area contributed by atoms with Crippen LogP contribution < -0.4 is 15.4 Å².